The van der Waals surface area contributed by atoms with Crippen LogP contribution < -0.4 is 5.73 Å². The summed E-state index contributed by atoms with van der Waals surface area (Å²) in [6, 6.07) is 2.78. The van der Waals surface area contributed by atoms with Crippen LogP contribution in [0.25, 0.3) is 0 Å². The van der Waals surface area contributed by atoms with Crippen LogP contribution in [0.3, 0.4) is 0 Å². The summed E-state index contributed by atoms with van der Waals surface area (Å²) in [4.78, 5) is 23.8. The molecule has 6 heteroatoms. The Bertz CT molecular complexity index is 350. The van der Waals surface area contributed by atoms with E-state index < -0.39 is 12.0 Å². The highest BCUT2D eigenvalue weighted by Gasteiger charge is 2.21. The van der Waals surface area contributed by atoms with Gasteiger partial charge >= 0.3 is 5.97 Å². The normalized spacial score (nSPS) is 12.1. The molecule has 0 aliphatic rings. The first-order valence-electron chi connectivity index (χ1n) is 4.28. The number of rotatable bonds is 4. The predicted molar refractivity (Wildman–Crippen MR) is 56.5 cm³/mol. The Morgan fingerprint density at radius 2 is 2.33 bits per heavy atom. The number of carbonyl (C=O) groups is 2. The summed E-state index contributed by atoms with van der Waals surface area (Å²) in [5.41, 5.74) is 5.69. The summed E-state index contributed by atoms with van der Waals surface area (Å²) in [6.45, 7) is -0.335. The number of hydrogen-bond acceptors (Lipinski definition) is 4. The molecular formula is C9H12N2O3S. The molecule has 1 atom stereocenters. The Labute approximate surface area is 91.1 Å². The lowest BCUT2D eigenvalue weighted by molar-refractivity contribution is -0.144. The van der Waals surface area contributed by atoms with Crippen LogP contribution in [0, 0.1) is 0 Å². The average molecular weight is 228 g/mol. The van der Waals surface area contributed by atoms with Crippen molar-refractivity contribution in [2.24, 2.45) is 5.73 Å². The van der Waals surface area contributed by atoms with Crippen molar-refractivity contribution >= 4 is 23.2 Å². The Morgan fingerprint density at radius 3 is 2.80 bits per heavy atom. The fourth-order valence-electron chi connectivity index (χ4n) is 1.11. The lowest BCUT2D eigenvalue weighted by Gasteiger charge is -2.18. The van der Waals surface area contributed by atoms with E-state index >= 15 is 0 Å². The van der Waals surface area contributed by atoms with Gasteiger partial charge in [-0.3, -0.25) is 9.59 Å². The summed E-state index contributed by atoms with van der Waals surface area (Å²) < 4.78 is 0. The third-order valence-corrected chi connectivity index (χ3v) is 2.82. The number of thiophene rings is 1. The lowest BCUT2D eigenvalue weighted by Crippen LogP contribution is -2.38. The largest absolute Gasteiger partial charge is 0.480 e. The SMILES string of the molecule is CN(CC(=O)O)C(=O)C(N)c1cccs1. The monoisotopic (exact) mass is 228 g/mol. The van der Waals surface area contributed by atoms with Gasteiger partial charge in [0, 0.05) is 11.9 Å². The Kier molecular flexibility index (Phi) is 3.81. The first-order chi connectivity index (χ1) is 7.02. The van der Waals surface area contributed by atoms with Crippen molar-refractivity contribution in [3.8, 4) is 0 Å². The van der Waals surface area contributed by atoms with E-state index in [9.17, 15) is 9.59 Å². The molecule has 5 nitrogen and oxygen atoms in total. The molecule has 82 valence electrons. The fourth-order valence-corrected chi connectivity index (χ4v) is 1.83. The van der Waals surface area contributed by atoms with Crippen molar-refractivity contribution in [1.29, 1.82) is 0 Å². The molecular weight excluding hydrogens is 216 g/mol. The number of likely N-dealkylation sites (N-methyl/N-ethyl adjacent to an activating group) is 1. The van der Waals surface area contributed by atoms with Crippen LogP contribution in [0.4, 0.5) is 0 Å². The first-order valence-corrected chi connectivity index (χ1v) is 5.16. The molecule has 0 aromatic carbocycles. The second-order valence-electron chi connectivity index (χ2n) is 3.08. The number of carboxylic acids is 1. The molecule has 1 rings (SSSR count). The summed E-state index contributed by atoms with van der Waals surface area (Å²) in [6.07, 6.45) is 0. The summed E-state index contributed by atoms with van der Waals surface area (Å²) >= 11 is 1.38. The zero-order chi connectivity index (χ0) is 11.4. The second kappa shape index (κ2) is 4.90. The molecule has 0 radical (unpaired) electrons. The minimum Gasteiger partial charge on any atom is -0.480 e. The number of amides is 1. The molecule has 1 unspecified atom stereocenters. The average Bonchev–Trinajstić information content (AvgIpc) is 2.67. The van der Waals surface area contributed by atoms with Gasteiger partial charge in [0.05, 0.1) is 0 Å². The van der Waals surface area contributed by atoms with E-state index in [-0.39, 0.29) is 12.5 Å². The number of aliphatic carboxylic acids is 1. The minimum absolute atomic E-state index is 0.335. The van der Waals surface area contributed by atoms with Crippen molar-refractivity contribution in [3.05, 3.63) is 22.4 Å². The van der Waals surface area contributed by atoms with E-state index in [0.29, 0.717) is 0 Å². The van der Waals surface area contributed by atoms with E-state index in [2.05, 4.69) is 0 Å². The molecule has 0 bridgehead atoms. The van der Waals surface area contributed by atoms with Gasteiger partial charge in [-0.05, 0) is 11.4 Å². The molecule has 3 N–H and O–H groups in total. The maximum Gasteiger partial charge on any atom is 0.323 e. The van der Waals surface area contributed by atoms with Crippen LogP contribution in [0.2, 0.25) is 0 Å². The Balaban J connectivity index is 2.64. The summed E-state index contributed by atoms with van der Waals surface area (Å²) in [5.74, 6) is -1.44. The highest BCUT2D eigenvalue weighted by molar-refractivity contribution is 7.10. The molecule has 1 heterocycles. The first kappa shape index (κ1) is 11.7. The van der Waals surface area contributed by atoms with Gasteiger partial charge in [0.25, 0.3) is 0 Å². The van der Waals surface area contributed by atoms with Crippen molar-refractivity contribution in [2.75, 3.05) is 13.6 Å². The zero-order valence-corrected chi connectivity index (χ0v) is 9.03. The van der Waals surface area contributed by atoms with Crippen molar-refractivity contribution in [1.82, 2.24) is 4.90 Å². The fraction of sp³-hybridized carbons (Fsp3) is 0.333. The van der Waals surface area contributed by atoms with E-state index in [4.69, 9.17) is 10.8 Å². The topological polar surface area (TPSA) is 83.6 Å². The predicted octanol–water partition coefficient (Wildman–Crippen LogP) is 0.291. The number of hydrogen-bond donors (Lipinski definition) is 2. The maximum absolute atomic E-state index is 11.6. The minimum atomic E-state index is -1.05. The smallest absolute Gasteiger partial charge is 0.323 e. The van der Waals surface area contributed by atoms with Crippen LogP contribution in [0.5, 0.6) is 0 Å². The van der Waals surface area contributed by atoms with Gasteiger partial charge in [-0.1, -0.05) is 6.07 Å². The molecule has 0 saturated heterocycles. The van der Waals surface area contributed by atoms with Gasteiger partial charge < -0.3 is 15.7 Å². The van der Waals surface area contributed by atoms with Gasteiger partial charge in [-0.2, -0.15) is 0 Å². The lowest BCUT2D eigenvalue weighted by atomic mass is 10.2. The van der Waals surface area contributed by atoms with E-state index in [0.717, 1.165) is 9.78 Å². The van der Waals surface area contributed by atoms with Crippen LogP contribution in [-0.2, 0) is 9.59 Å². The Hall–Kier alpha value is -1.40. The van der Waals surface area contributed by atoms with Gasteiger partial charge in [0.1, 0.15) is 12.6 Å². The summed E-state index contributed by atoms with van der Waals surface area (Å²) in [5, 5.41) is 10.3. The number of carbonyl (C=O) groups excluding carboxylic acids is 1. The maximum atomic E-state index is 11.6. The van der Waals surface area contributed by atoms with Gasteiger partial charge in [-0.25, -0.2) is 0 Å². The second-order valence-corrected chi connectivity index (χ2v) is 4.06. The van der Waals surface area contributed by atoms with E-state index in [1.165, 1.54) is 18.4 Å². The van der Waals surface area contributed by atoms with Crippen molar-refractivity contribution in [2.45, 2.75) is 6.04 Å². The number of nitrogens with two attached hydrogens (primary N) is 1. The molecule has 0 saturated carbocycles. The molecule has 1 aromatic heterocycles. The third kappa shape index (κ3) is 3.03. The standard InChI is InChI=1S/C9H12N2O3S/c1-11(5-7(12)13)9(14)8(10)6-3-2-4-15-6/h2-4,8H,5,10H2,1H3,(H,12,13). The van der Waals surface area contributed by atoms with Gasteiger partial charge in [-0.15, -0.1) is 11.3 Å². The van der Waals surface area contributed by atoms with Crippen LogP contribution >= 0.6 is 11.3 Å². The van der Waals surface area contributed by atoms with Crippen LogP contribution in [-0.4, -0.2) is 35.5 Å². The summed E-state index contributed by atoms with van der Waals surface area (Å²) in [7, 11) is 1.42. The molecule has 1 amide bonds. The molecule has 1 aromatic rings. The number of nitrogens with zero attached hydrogens (tertiary/aromatic N) is 1. The van der Waals surface area contributed by atoms with Crippen LogP contribution in [0.1, 0.15) is 10.9 Å². The molecule has 15 heavy (non-hydrogen) atoms. The molecule has 0 fully saturated rings. The van der Waals surface area contributed by atoms with Crippen LogP contribution in [0.15, 0.2) is 17.5 Å². The number of carboxylic acid groups (broad SMARTS) is 1. The van der Waals surface area contributed by atoms with Crippen molar-refractivity contribution < 1.29 is 14.7 Å². The van der Waals surface area contributed by atoms with Gasteiger partial charge in [0.2, 0.25) is 5.91 Å². The highest BCUT2D eigenvalue weighted by atomic mass is 32.1. The van der Waals surface area contributed by atoms with Crippen molar-refractivity contribution in [3.63, 3.8) is 0 Å². The molecule has 0 spiro atoms. The molecule has 0 aliphatic heterocycles. The highest BCUT2D eigenvalue weighted by Crippen LogP contribution is 2.18. The molecule has 0 aliphatic carbocycles. The Morgan fingerprint density at radius 1 is 1.67 bits per heavy atom. The zero-order valence-electron chi connectivity index (χ0n) is 8.21. The van der Waals surface area contributed by atoms with E-state index in [1.54, 1.807) is 12.1 Å². The van der Waals surface area contributed by atoms with E-state index in [1.807, 2.05) is 5.38 Å². The van der Waals surface area contributed by atoms with Gasteiger partial charge in [0.15, 0.2) is 0 Å². The quantitative estimate of drug-likeness (QED) is 0.776. The third-order valence-electron chi connectivity index (χ3n) is 1.86.